The van der Waals surface area contributed by atoms with Crippen LogP contribution in [-0.2, 0) is 0 Å². The van der Waals surface area contributed by atoms with Gasteiger partial charge in [0.2, 0.25) is 0 Å². The molecule has 0 aromatic heterocycles. The number of rotatable bonds is 13. The Morgan fingerprint density at radius 2 is 1.74 bits per heavy atom. The average Bonchev–Trinajstić information content (AvgIpc) is 2.78. The first-order valence-electron chi connectivity index (χ1n) is 10.2. The summed E-state index contributed by atoms with van der Waals surface area (Å²) >= 11 is 0. The average molecular weight is 450 g/mol. The standard InChI is InChI=1S/C23H31N3O4.ClH/c1-3-13-25-23(27)19-9-12-21(22(16-19)28-2)30-15-6-4-5-14-29-20-10-7-18(8-11-20)17-26-24;/h7-12,16-17H,3-6,13-15,24H2,1-2H3,(H,25,27);1H. The Labute approximate surface area is 190 Å². The van der Waals surface area contributed by atoms with Gasteiger partial charge in [0.25, 0.3) is 5.91 Å². The van der Waals surface area contributed by atoms with Gasteiger partial charge in [-0.25, -0.2) is 0 Å². The van der Waals surface area contributed by atoms with Crippen molar-refractivity contribution in [3.8, 4) is 17.2 Å². The molecule has 0 aliphatic carbocycles. The number of hydrazone groups is 1. The summed E-state index contributed by atoms with van der Waals surface area (Å²) in [4.78, 5) is 12.1. The lowest BCUT2D eigenvalue weighted by atomic mass is 10.2. The molecule has 8 heteroatoms. The number of nitrogens with one attached hydrogen (secondary N) is 1. The van der Waals surface area contributed by atoms with Crippen LogP contribution in [0.5, 0.6) is 17.2 Å². The lowest BCUT2D eigenvalue weighted by Gasteiger charge is -2.12. The van der Waals surface area contributed by atoms with E-state index >= 15 is 0 Å². The smallest absolute Gasteiger partial charge is 0.251 e. The van der Waals surface area contributed by atoms with E-state index in [0.29, 0.717) is 36.8 Å². The van der Waals surface area contributed by atoms with Gasteiger partial charge in [0.05, 0.1) is 26.5 Å². The summed E-state index contributed by atoms with van der Waals surface area (Å²) in [5, 5.41) is 6.34. The number of carbonyl (C=O) groups excluding carboxylic acids is 1. The van der Waals surface area contributed by atoms with Crippen molar-refractivity contribution in [2.45, 2.75) is 32.6 Å². The number of hydrogen-bond acceptors (Lipinski definition) is 6. The van der Waals surface area contributed by atoms with Crippen LogP contribution < -0.4 is 25.4 Å². The molecule has 0 saturated heterocycles. The quantitative estimate of drug-likeness (QED) is 0.207. The SMILES string of the molecule is CCCNC(=O)c1ccc(OCCCCCOc2ccc(C=NN)cc2)c(OC)c1.Cl. The molecule has 0 aliphatic rings. The molecule has 7 nitrogen and oxygen atoms in total. The van der Waals surface area contributed by atoms with Crippen LogP contribution in [0.3, 0.4) is 0 Å². The molecule has 0 fully saturated rings. The fraction of sp³-hybridized carbons (Fsp3) is 0.391. The second-order valence-corrected chi connectivity index (χ2v) is 6.73. The van der Waals surface area contributed by atoms with E-state index in [-0.39, 0.29) is 18.3 Å². The molecular formula is C23H32ClN3O4. The normalized spacial score (nSPS) is 10.4. The van der Waals surface area contributed by atoms with Gasteiger partial charge >= 0.3 is 0 Å². The summed E-state index contributed by atoms with van der Waals surface area (Å²) in [5.74, 6) is 7.05. The molecule has 2 rings (SSSR count). The van der Waals surface area contributed by atoms with Gasteiger partial charge < -0.3 is 25.4 Å². The minimum absolute atomic E-state index is 0. The van der Waals surface area contributed by atoms with Crippen molar-refractivity contribution in [1.82, 2.24) is 5.32 Å². The largest absolute Gasteiger partial charge is 0.494 e. The molecule has 0 saturated carbocycles. The van der Waals surface area contributed by atoms with Gasteiger partial charge in [-0.05, 0) is 73.7 Å². The molecule has 3 N–H and O–H groups in total. The minimum Gasteiger partial charge on any atom is -0.494 e. The Balaban J connectivity index is 0.00000480. The summed E-state index contributed by atoms with van der Waals surface area (Å²) in [6, 6.07) is 12.9. The van der Waals surface area contributed by atoms with Gasteiger partial charge in [-0.1, -0.05) is 6.92 Å². The first-order chi connectivity index (χ1) is 14.7. The van der Waals surface area contributed by atoms with E-state index in [4.69, 9.17) is 20.1 Å². The monoisotopic (exact) mass is 449 g/mol. The predicted octanol–water partition coefficient (Wildman–Crippen LogP) is 4.18. The van der Waals surface area contributed by atoms with E-state index in [9.17, 15) is 4.79 Å². The molecule has 0 bridgehead atoms. The molecular weight excluding hydrogens is 418 g/mol. The zero-order valence-electron chi connectivity index (χ0n) is 18.1. The van der Waals surface area contributed by atoms with Gasteiger partial charge in [0.15, 0.2) is 11.5 Å². The Morgan fingerprint density at radius 1 is 1.03 bits per heavy atom. The fourth-order valence-corrected chi connectivity index (χ4v) is 2.76. The van der Waals surface area contributed by atoms with Crippen molar-refractivity contribution in [2.24, 2.45) is 10.9 Å². The zero-order valence-corrected chi connectivity index (χ0v) is 19.0. The van der Waals surface area contributed by atoms with Crippen molar-refractivity contribution >= 4 is 24.5 Å². The fourth-order valence-electron chi connectivity index (χ4n) is 2.76. The number of unbranched alkanes of at least 4 members (excludes halogenated alkanes) is 2. The van der Waals surface area contributed by atoms with Crippen LogP contribution in [0.25, 0.3) is 0 Å². The molecule has 31 heavy (non-hydrogen) atoms. The van der Waals surface area contributed by atoms with Crippen LogP contribution in [-0.4, -0.2) is 39.0 Å². The third-order valence-corrected chi connectivity index (χ3v) is 4.38. The molecule has 170 valence electrons. The molecule has 0 atom stereocenters. The highest BCUT2D eigenvalue weighted by Gasteiger charge is 2.10. The number of halogens is 1. The topological polar surface area (TPSA) is 95.2 Å². The highest BCUT2D eigenvalue weighted by atomic mass is 35.5. The van der Waals surface area contributed by atoms with E-state index in [1.165, 1.54) is 0 Å². The Bertz CT molecular complexity index is 813. The number of ether oxygens (including phenoxy) is 3. The first-order valence-corrected chi connectivity index (χ1v) is 10.2. The van der Waals surface area contributed by atoms with Crippen molar-refractivity contribution in [2.75, 3.05) is 26.9 Å². The van der Waals surface area contributed by atoms with Crippen molar-refractivity contribution in [1.29, 1.82) is 0 Å². The lowest BCUT2D eigenvalue weighted by Crippen LogP contribution is -2.23. The molecule has 2 aromatic carbocycles. The van der Waals surface area contributed by atoms with Gasteiger partial charge in [0.1, 0.15) is 5.75 Å². The first kappa shape index (κ1) is 26.1. The van der Waals surface area contributed by atoms with E-state index in [0.717, 1.165) is 37.0 Å². The van der Waals surface area contributed by atoms with Crippen molar-refractivity contribution in [3.63, 3.8) is 0 Å². The third-order valence-electron chi connectivity index (χ3n) is 4.38. The highest BCUT2D eigenvalue weighted by molar-refractivity contribution is 5.94. The van der Waals surface area contributed by atoms with E-state index in [1.807, 2.05) is 31.2 Å². The molecule has 0 heterocycles. The number of hydrogen-bond donors (Lipinski definition) is 2. The van der Waals surface area contributed by atoms with E-state index < -0.39 is 0 Å². The van der Waals surface area contributed by atoms with Crippen LogP contribution >= 0.6 is 12.4 Å². The number of nitrogens with two attached hydrogens (primary N) is 1. The Hall–Kier alpha value is -2.93. The number of methoxy groups -OCH3 is 1. The Morgan fingerprint density at radius 3 is 2.39 bits per heavy atom. The van der Waals surface area contributed by atoms with Crippen LogP contribution in [0.2, 0.25) is 0 Å². The third kappa shape index (κ3) is 9.17. The summed E-state index contributed by atoms with van der Waals surface area (Å²) < 4.78 is 16.9. The molecule has 0 spiro atoms. The summed E-state index contributed by atoms with van der Waals surface area (Å²) in [6.07, 6.45) is 5.30. The Kier molecular flexibility index (Phi) is 12.6. The molecule has 2 aromatic rings. The predicted molar refractivity (Wildman–Crippen MR) is 126 cm³/mol. The minimum atomic E-state index is -0.108. The van der Waals surface area contributed by atoms with Crippen molar-refractivity contribution < 1.29 is 19.0 Å². The maximum absolute atomic E-state index is 12.1. The van der Waals surface area contributed by atoms with Crippen LogP contribution in [0.1, 0.15) is 48.5 Å². The second-order valence-electron chi connectivity index (χ2n) is 6.73. The van der Waals surface area contributed by atoms with Crippen LogP contribution in [0.4, 0.5) is 0 Å². The maximum atomic E-state index is 12.1. The van der Waals surface area contributed by atoms with Crippen LogP contribution in [0, 0.1) is 0 Å². The maximum Gasteiger partial charge on any atom is 0.251 e. The number of nitrogens with zero attached hydrogens (tertiary/aromatic N) is 1. The summed E-state index contributed by atoms with van der Waals surface area (Å²) in [7, 11) is 1.57. The molecule has 0 radical (unpaired) electrons. The number of benzene rings is 2. The summed E-state index contributed by atoms with van der Waals surface area (Å²) in [5.41, 5.74) is 1.50. The van der Waals surface area contributed by atoms with Gasteiger partial charge in [-0.2, -0.15) is 5.10 Å². The van der Waals surface area contributed by atoms with Crippen molar-refractivity contribution in [3.05, 3.63) is 53.6 Å². The number of carbonyl (C=O) groups is 1. The zero-order chi connectivity index (χ0) is 21.6. The lowest BCUT2D eigenvalue weighted by molar-refractivity contribution is 0.0953. The van der Waals surface area contributed by atoms with Gasteiger partial charge in [-0.15, -0.1) is 12.4 Å². The van der Waals surface area contributed by atoms with Gasteiger partial charge in [-0.3, -0.25) is 4.79 Å². The molecule has 0 unspecified atom stereocenters. The second kappa shape index (κ2) is 15.0. The highest BCUT2D eigenvalue weighted by Crippen LogP contribution is 2.28. The van der Waals surface area contributed by atoms with E-state index in [2.05, 4.69) is 10.4 Å². The number of amides is 1. The summed E-state index contributed by atoms with van der Waals surface area (Å²) in [6.45, 7) is 3.89. The molecule has 1 amide bonds. The van der Waals surface area contributed by atoms with E-state index in [1.54, 1.807) is 31.5 Å². The molecule has 0 aliphatic heterocycles. The van der Waals surface area contributed by atoms with Crippen LogP contribution in [0.15, 0.2) is 47.6 Å². The van der Waals surface area contributed by atoms with Gasteiger partial charge in [0, 0.05) is 12.1 Å².